The lowest BCUT2D eigenvalue weighted by Gasteiger charge is -2.18. The van der Waals surface area contributed by atoms with E-state index in [1.54, 1.807) is 0 Å². The minimum atomic E-state index is -0.761. The zero-order valence-corrected chi connectivity index (χ0v) is 43.0. The Morgan fingerprint density at radius 1 is 0.302 bits per heavy atom. The third kappa shape index (κ3) is 51.3. The lowest BCUT2D eigenvalue weighted by Crippen LogP contribution is -2.30. The van der Waals surface area contributed by atoms with Crippen molar-refractivity contribution < 1.29 is 28.6 Å². The summed E-state index contributed by atoms with van der Waals surface area (Å²) < 4.78 is 16.9. The Labute approximate surface area is 393 Å². The van der Waals surface area contributed by atoms with Gasteiger partial charge < -0.3 is 14.2 Å². The molecule has 0 rings (SSSR count). The maximum absolute atomic E-state index is 12.8. The van der Waals surface area contributed by atoms with E-state index >= 15 is 0 Å². The molecule has 0 saturated carbocycles. The standard InChI is InChI=1S/C57H110O6/c1-5-7-9-11-13-15-17-19-21-22-24-26-28-34-38-42-46-50-57(60)63-54(52-62-56(59)49-45-41-37-33-30-29-31-35-39-43-47-53(3)4)51-61-55(58)48-44-40-36-32-27-25-23-20-18-16-14-12-10-8-6-2/h53-54H,5-52H2,1-4H3/t54-/m1/s1. The first-order chi connectivity index (χ1) is 30.9. The van der Waals surface area contributed by atoms with E-state index in [1.807, 2.05) is 0 Å². The van der Waals surface area contributed by atoms with Crippen LogP contribution in [0.4, 0.5) is 0 Å². The summed E-state index contributed by atoms with van der Waals surface area (Å²) >= 11 is 0. The lowest BCUT2D eigenvalue weighted by molar-refractivity contribution is -0.167. The van der Waals surface area contributed by atoms with E-state index in [0.29, 0.717) is 19.3 Å². The smallest absolute Gasteiger partial charge is 0.306 e. The van der Waals surface area contributed by atoms with Crippen LogP contribution in [0.15, 0.2) is 0 Å². The zero-order chi connectivity index (χ0) is 45.9. The van der Waals surface area contributed by atoms with Gasteiger partial charge in [-0.2, -0.15) is 0 Å². The SMILES string of the molecule is CCCCCCCCCCCCCCCCCCCC(=O)O[C@H](COC(=O)CCCCCCCCCCCCCCCCC)COC(=O)CCCCCCCCCCCCC(C)C. The molecule has 0 aliphatic rings. The van der Waals surface area contributed by atoms with Gasteiger partial charge in [-0.3, -0.25) is 14.4 Å². The monoisotopic (exact) mass is 891 g/mol. The number of rotatable bonds is 52. The zero-order valence-electron chi connectivity index (χ0n) is 43.0. The molecule has 0 N–H and O–H groups in total. The van der Waals surface area contributed by atoms with E-state index in [2.05, 4.69) is 27.7 Å². The number of hydrogen-bond acceptors (Lipinski definition) is 6. The minimum absolute atomic E-state index is 0.0621. The van der Waals surface area contributed by atoms with Crippen molar-refractivity contribution in [3.05, 3.63) is 0 Å². The Morgan fingerprint density at radius 2 is 0.524 bits per heavy atom. The van der Waals surface area contributed by atoms with Crippen LogP contribution in [-0.2, 0) is 28.6 Å². The molecule has 0 bridgehead atoms. The highest BCUT2D eigenvalue weighted by atomic mass is 16.6. The second-order valence-electron chi connectivity index (χ2n) is 20.1. The number of esters is 3. The van der Waals surface area contributed by atoms with Gasteiger partial charge in [-0.1, -0.05) is 285 Å². The molecule has 6 heteroatoms. The Kier molecular flexibility index (Phi) is 50.1. The molecule has 0 fully saturated rings. The fourth-order valence-corrected chi connectivity index (χ4v) is 8.75. The molecule has 0 aromatic rings. The summed E-state index contributed by atoms with van der Waals surface area (Å²) in [6, 6.07) is 0. The highest BCUT2D eigenvalue weighted by Gasteiger charge is 2.19. The van der Waals surface area contributed by atoms with Gasteiger partial charge in [0.15, 0.2) is 6.10 Å². The van der Waals surface area contributed by atoms with E-state index in [1.165, 1.54) is 218 Å². The van der Waals surface area contributed by atoms with Gasteiger partial charge in [-0.25, -0.2) is 0 Å². The molecule has 0 unspecified atom stereocenters. The molecule has 0 saturated heterocycles. The van der Waals surface area contributed by atoms with Crippen LogP contribution in [0.3, 0.4) is 0 Å². The maximum Gasteiger partial charge on any atom is 0.306 e. The molecule has 0 aliphatic carbocycles. The molecule has 63 heavy (non-hydrogen) atoms. The van der Waals surface area contributed by atoms with Gasteiger partial charge in [0.1, 0.15) is 13.2 Å². The van der Waals surface area contributed by atoms with E-state index in [4.69, 9.17) is 14.2 Å². The first-order valence-corrected chi connectivity index (χ1v) is 28.4. The highest BCUT2D eigenvalue weighted by Crippen LogP contribution is 2.18. The van der Waals surface area contributed by atoms with Gasteiger partial charge in [-0.15, -0.1) is 0 Å². The molecule has 0 aliphatic heterocycles. The van der Waals surface area contributed by atoms with Gasteiger partial charge >= 0.3 is 17.9 Å². The van der Waals surface area contributed by atoms with Crippen molar-refractivity contribution >= 4 is 17.9 Å². The summed E-state index contributed by atoms with van der Waals surface area (Å²) in [5.41, 5.74) is 0. The van der Waals surface area contributed by atoms with Crippen LogP contribution in [0.25, 0.3) is 0 Å². The van der Waals surface area contributed by atoms with E-state index in [-0.39, 0.29) is 31.1 Å². The molecular weight excluding hydrogens is 781 g/mol. The van der Waals surface area contributed by atoms with Crippen molar-refractivity contribution in [3.8, 4) is 0 Å². The molecule has 6 nitrogen and oxygen atoms in total. The second-order valence-corrected chi connectivity index (χ2v) is 20.1. The average Bonchev–Trinajstić information content (AvgIpc) is 3.27. The third-order valence-electron chi connectivity index (χ3n) is 13.0. The van der Waals surface area contributed by atoms with Crippen molar-refractivity contribution in [2.24, 2.45) is 5.92 Å². The second kappa shape index (κ2) is 51.4. The van der Waals surface area contributed by atoms with Crippen molar-refractivity contribution in [1.82, 2.24) is 0 Å². The molecule has 0 amide bonds. The maximum atomic E-state index is 12.8. The van der Waals surface area contributed by atoms with Crippen molar-refractivity contribution in [2.75, 3.05) is 13.2 Å². The predicted octanol–water partition coefficient (Wildman–Crippen LogP) is 18.6. The van der Waals surface area contributed by atoms with Crippen molar-refractivity contribution in [1.29, 1.82) is 0 Å². The average molecular weight is 892 g/mol. The van der Waals surface area contributed by atoms with Gasteiger partial charge in [0.2, 0.25) is 0 Å². The van der Waals surface area contributed by atoms with Crippen LogP contribution in [0.5, 0.6) is 0 Å². The molecule has 0 aromatic carbocycles. The van der Waals surface area contributed by atoms with E-state index in [0.717, 1.165) is 63.7 Å². The lowest BCUT2D eigenvalue weighted by atomic mass is 10.0. The normalized spacial score (nSPS) is 12.0. The van der Waals surface area contributed by atoms with Gasteiger partial charge in [0.05, 0.1) is 0 Å². The first kappa shape index (κ1) is 61.4. The Balaban J connectivity index is 4.30. The van der Waals surface area contributed by atoms with Crippen molar-refractivity contribution in [3.63, 3.8) is 0 Å². The molecule has 0 heterocycles. The molecule has 0 aromatic heterocycles. The molecule has 0 spiro atoms. The minimum Gasteiger partial charge on any atom is -0.462 e. The number of carbonyl (C=O) groups excluding carboxylic acids is 3. The fraction of sp³-hybridized carbons (Fsp3) is 0.947. The van der Waals surface area contributed by atoms with Crippen LogP contribution in [0, 0.1) is 5.92 Å². The van der Waals surface area contributed by atoms with Crippen LogP contribution in [0.1, 0.15) is 323 Å². The number of unbranched alkanes of at least 4 members (excludes halogenated alkanes) is 39. The van der Waals surface area contributed by atoms with Crippen LogP contribution < -0.4 is 0 Å². The van der Waals surface area contributed by atoms with Gasteiger partial charge in [0, 0.05) is 19.3 Å². The molecule has 0 radical (unpaired) electrons. The molecule has 374 valence electrons. The third-order valence-corrected chi connectivity index (χ3v) is 13.0. The fourth-order valence-electron chi connectivity index (χ4n) is 8.75. The van der Waals surface area contributed by atoms with Crippen LogP contribution in [0.2, 0.25) is 0 Å². The summed E-state index contributed by atoms with van der Waals surface area (Å²) in [6.07, 6.45) is 55.2. The number of hydrogen-bond donors (Lipinski definition) is 0. The summed E-state index contributed by atoms with van der Waals surface area (Å²) in [5.74, 6) is -0.0189. The summed E-state index contributed by atoms with van der Waals surface area (Å²) in [7, 11) is 0. The van der Waals surface area contributed by atoms with Gasteiger partial charge in [-0.05, 0) is 25.2 Å². The molecular formula is C57H110O6. The van der Waals surface area contributed by atoms with Crippen molar-refractivity contribution in [2.45, 2.75) is 329 Å². The molecule has 1 atom stereocenters. The Bertz CT molecular complexity index is 949. The highest BCUT2D eigenvalue weighted by molar-refractivity contribution is 5.71. The summed E-state index contributed by atoms with van der Waals surface area (Å²) in [6.45, 7) is 9.04. The topological polar surface area (TPSA) is 78.9 Å². The van der Waals surface area contributed by atoms with Crippen LogP contribution >= 0.6 is 0 Å². The largest absolute Gasteiger partial charge is 0.462 e. The van der Waals surface area contributed by atoms with E-state index in [9.17, 15) is 14.4 Å². The summed E-state index contributed by atoms with van der Waals surface area (Å²) in [5, 5.41) is 0. The first-order valence-electron chi connectivity index (χ1n) is 28.4. The van der Waals surface area contributed by atoms with Gasteiger partial charge in [0.25, 0.3) is 0 Å². The van der Waals surface area contributed by atoms with E-state index < -0.39 is 6.10 Å². The quantitative estimate of drug-likeness (QED) is 0.0344. The Hall–Kier alpha value is -1.59. The summed E-state index contributed by atoms with van der Waals surface area (Å²) in [4.78, 5) is 38.1. The Morgan fingerprint density at radius 3 is 0.778 bits per heavy atom. The predicted molar refractivity (Wildman–Crippen MR) is 270 cm³/mol. The number of ether oxygens (including phenoxy) is 3. The van der Waals surface area contributed by atoms with Crippen LogP contribution in [-0.4, -0.2) is 37.2 Å². The number of carbonyl (C=O) groups is 3.